The smallest absolute Gasteiger partial charge is 0.0667 e. The summed E-state index contributed by atoms with van der Waals surface area (Å²) < 4.78 is 0. The molecule has 0 saturated carbocycles. The first kappa shape index (κ1) is 30.8. The molecule has 0 aromatic carbocycles. The van der Waals surface area contributed by atoms with Crippen LogP contribution in [0.3, 0.4) is 0 Å². The number of unbranched alkanes of at least 4 members (excludes halogenated alkanes) is 14. The van der Waals surface area contributed by atoms with Crippen LogP contribution < -0.4 is 5.73 Å². The fourth-order valence-electron chi connectivity index (χ4n) is 4.38. The lowest BCUT2D eigenvalue weighted by Crippen LogP contribution is -2.39. The quantitative estimate of drug-likeness (QED) is 0.143. The zero-order valence-corrected chi connectivity index (χ0v) is 21.3. The van der Waals surface area contributed by atoms with E-state index < -0.39 is 0 Å². The van der Waals surface area contributed by atoms with Crippen molar-refractivity contribution in [3.8, 4) is 0 Å². The summed E-state index contributed by atoms with van der Waals surface area (Å²) in [7, 11) is 0. The SMILES string of the molecule is CCCCCCCCCCC(O)CN(CCCN)CC(O)CCCCCCCCCC. The van der Waals surface area contributed by atoms with Gasteiger partial charge in [0.1, 0.15) is 0 Å². The molecule has 0 spiro atoms. The molecule has 0 amide bonds. The Morgan fingerprint density at radius 1 is 0.548 bits per heavy atom. The summed E-state index contributed by atoms with van der Waals surface area (Å²) in [4.78, 5) is 2.23. The summed E-state index contributed by atoms with van der Waals surface area (Å²) in [6, 6.07) is 0. The van der Waals surface area contributed by atoms with Crippen molar-refractivity contribution < 1.29 is 10.2 Å². The van der Waals surface area contributed by atoms with Gasteiger partial charge >= 0.3 is 0 Å². The lowest BCUT2D eigenvalue weighted by Gasteiger charge is -2.27. The van der Waals surface area contributed by atoms with E-state index in [0.717, 1.165) is 38.6 Å². The number of nitrogens with zero attached hydrogens (tertiary/aromatic N) is 1. The van der Waals surface area contributed by atoms with Crippen LogP contribution in [0.25, 0.3) is 0 Å². The zero-order valence-electron chi connectivity index (χ0n) is 21.3. The minimum atomic E-state index is -0.284. The Kier molecular flexibility index (Phi) is 24.4. The second-order valence-electron chi connectivity index (χ2n) is 9.74. The molecule has 4 nitrogen and oxygen atoms in total. The number of aliphatic hydroxyl groups excluding tert-OH is 2. The average Bonchev–Trinajstić information content (AvgIpc) is 2.75. The van der Waals surface area contributed by atoms with Crippen LogP contribution in [0.15, 0.2) is 0 Å². The van der Waals surface area contributed by atoms with Gasteiger partial charge in [-0.05, 0) is 32.4 Å². The molecule has 0 aromatic heterocycles. The number of rotatable bonds is 25. The van der Waals surface area contributed by atoms with E-state index >= 15 is 0 Å². The summed E-state index contributed by atoms with van der Waals surface area (Å²) >= 11 is 0. The normalized spacial score (nSPS) is 13.7. The Balaban J connectivity index is 3.88. The maximum absolute atomic E-state index is 10.5. The van der Waals surface area contributed by atoms with Crippen LogP contribution >= 0.6 is 0 Å². The van der Waals surface area contributed by atoms with Crippen molar-refractivity contribution >= 4 is 0 Å². The number of hydrogen-bond acceptors (Lipinski definition) is 4. The first-order valence-electron chi connectivity index (χ1n) is 13.9. The summed E-state index contributed by atoms with van der Waals surface area (Å²) in [5.74, 6) is 0. The van der Waals surface area contributed by atoms with Crippen molar-refractivity contribution in [2.75, 3.05) is 26.2 Å². The van der Waals surface area contributed by atoms with Gasteiger partial charge in [-0.1, -0.05) is 117 Å². The third-order valence-corrected chi connectivity index (χ3v) is 6.40. The molecule has 0 heterocycles. The van der Waals surface area contributed by atoms with E-state index in [-0.39, 0.29) is 12.2 Å². The molecule has 0 fully saturated rings. The highest BCUT2D eigenvalue weighted by atomic mass is 16.3. The van der Waals surface area contributed by atoms with Gasteiger partial charge in [0.25, 0.3) is 0 Å². The molecule has 0 rings (SSSR count). The summed E-state index contributed by atoms with van der Waals surface area (Å²) in [6.45, 7) is 7.40. The molecule has 0 saturated heterocycles. The Hall–Kier alpha value is -0.160. The van der Waals surface area contributed by atoms with Gasteiger partial charge in [0.2, 0.25) is 0 Å². The van der Waals surface area contributed by atoms with Crippen LogP contribution in [0, 0.1) is 0 Å². The predicted octanol–water partition coefficient (Wildman–Crippen LogP) is 6.42. The zero-order chi connectivity index (χ0) is 23.0. The van der Waals surface area contributed by atoms with E-state index in [2.05, 4.69) is 18.7 Å². The lowest BCUT2D eigenvalue weighted by atomic mass is 10.0. The highest BCUT2D eigenvalue weighted by molar-refractivity contribution is 4.70. The molecule has 188 valence electrons. The Morgan fingerprint density at radius 2 is 0.903 bits per heavy atom. The van der Waals surface area contributed by atoms with E-state index in [0.29, 0.717) is 19.6 Å². The van der Waals surface area contributed by atoms with Gasteiger partial charge in [-0.25, -0.2) is 0 Å². The van der Waals surface area contributed by atoms with Crippen LogP contribution in [0.5, 0.6) is 0 Å². The molecule has 2 atom stereocenters. The van der Waals surface area contributed by atoms with Crippen molar-refractivity contribution in [3.05, 3.63) is 0 Å². The van der Waals surface area contributed by atoms with Gasteiger partial charge in [-0.2, -0.15) is 0 Å². The van der Waals surface area contributed by atoms with E-state index in [1.807, 2.05) is 0 Å². The van der Waals surface area contributed by atoms with E-state index in [4.69, 9.17) is 5.73 Å². The minimum Gasteiger partial charge on any atom is -0.392 e. The first-order valence-corrected chi connectivity index (χ1v) is 13.9. The molecule has 0 bridgehead atoms. The van der Waals surface area contributed by atoms with Crippen LogP contribution in [0.1, 0.15) is 136 Å². The average molecular weight is 443 g/mol. The second kappa shape index (κ2) is 24.5. The molecule has 4 N–H and O–H groups in total. The second-order valence-corrected chi connectivity index (χ2v) is 9.74. The first-order chi connectivity index (χ1) is 15.1. The van der Waals surface area contributed by atoms with Crippen molar-refractivity contribution in [1.82, 2.24) is 4.90 Å². The number of aliphatic hydroxyl groups is 2. The molecule has 4 heteroatoms. The van der Waals surface area contributed by atoms with Crippen molar-refractivity contribution in [2.24, 2.45) is 5.73 Å². The molecular weight excluding hydrogens is 384 g/mol. The van der Waals surface area contributed by atoms with E-state index in [1.54, 1.807) is 0 Å². The molecule has 0 radical (unpaired) electrons. The monoisotopic (exact) mass is 442 g/mol. The third kappa shape index (κ3) is 22.8. The summed E-state index contributed by atoms with van der Waals surface area (Å²) in [5.41, 5.74) is 5.70. The maximum Gasteiger partial charge on any atom is 0.0667 e. The Labute approximate surface area is 195 Å². The minimum absolute atomic E-state index is 0.284. The summed E-state index contributed by atoms with van der Waals surface area (Å²) in [5, 5.41) is 21.0. The molecule has 0 aliphatic heterocycles. The van der Waals surface area contributed by atoms with Crippen LogP contribution in [-0.4, -0.2) is 53.5 Å². The molecule has 31 heavy (non-hydrogen) atoms. The van der Waals surface area contributed by atoms with Crippen LogP contribution in [0.2, 0.25) is 0 Å². The largest absolute Gasteiger partial charge is 0.392 e. The van der Waals surface area contributed by atoms with Crippen LogP contribution in [0.4, 0.5) is 0 Å². The van der Waals surface area contributed by atoms with Crippen molar-refractivity contribution in [3.63, 3.8) is 0 Å². The standard InChI is InChI=1S/C27H58N2O2/c1-3-5-7-9-11-13-15-17-20-26(30)24-29(23-19-22-28)25-27(31)21-18-16-14-12-10-8-6-4-2/h26-27,30-31H,3-25,28H2,1-2H3. The fraction of sp³-hybridized carbons (Fsp3) is 1.00. The molecule has 2 unspecified atom stereocenters. The van der Waals surface area contributed by atoms with Gasteiger partial charge in [0, 0.05) is 13.1 Å². The molecule has 0 aliphatic carbocycles. The van der Waals surface area contributed by atoms with Crippen LogP contribution in [-0.2, 0) is 0 Å². The number of hydrogen-bond donors (Lipinski definition) is 3. The van der Waals surface area contributed by atoms with Crippen molar-refractivity contribution in [1.29, 1.82) is 0 Å². The predicted molar refractivity (Wildman–Crippen MR) is 137 cm³/mol. The maximum atomic E-state index is 10.5. The highest BCUT2D eigenvalue weighted by Crippen LogP contribution is 2.13. The highest BCUT2D eigenvalue weighted by Gasteiger charge is 2.15. The van der Waals surface area contributed by atoms with E-state index in [1.165, 1.54) is 89.9 Å². The molecule has 0 aromatic rings. The Bertz CT molecular complexity index is 313. The molecule has 0 aliphatic rings. The van der Waals surface area contributed by atoms with Gasteiger partial charge in [0.05, 0.1) is 12.2 Å². The van der Waals surface area contributed by atoms with Crippen molar-refractivity contribution in [2.45, 2.75) is 148 Å². The lowest BCUT2D eigenvalue weighted by molar-refractivity contribution is 0.0602. The van der Waals surface area contributed by atoms with Gasteiger partial charge in [0.15, 0.2) is 0 Å². The molecular formula is C27H58N2O2. The Morgan fingerprint density at radius 3 is 1.26 bits per heavy atom. The van der Waals surface area contributed by atoms with Gasteiger partial charge in [-0.3, -0.25) is 4.90 Å². The topological polar surface area (TPSA) is 69.7 Å². The van der Waals surface area contributed by atoms with Gasteiger partial charge in [-0.15, -0.1) is 0 Å². The van der Waals surface area contributed by atoms with E-state index in [9.17, 15) is 10.2 Å². The third-order valence-electron chi connectivity index (χ3n) is 6.40. The van der Waals surface area contributed by atoms with Gasteiger partial charge < -0.3 is 15.9 Å². The fourth-order valence-corrected chi connectivity index (χ4v) is 4.38. The summed E-state index contributed by atoms with van der Waals surface area (Å²) in [6.07, 6.45) is 22.9. The number of nitrogens with two attached hydrogens (primary N) is 1.